The zero-order valence-electron chi connectivity index (χ0n) is 6.81. The second-order valence-corrected chi connectivity index (χ2v) is 3.11. The van der Waals surface area contributed by atoms with E-state index in [1.54, 1.807) is 0 Å². The van der Waals surface area contributed by atoms with Crippen molar-refractivity contribution in [1.29, 1.82) is 0 Å². The third-order valence-electron chi connectivity index (χ3n) is 2.21. The number of hydrogen-bond donors (Lipinski definition) is 1. The van der Waals surface area contributed by atoms with Crippen LogP contribution >= 0.6 is 0 Å². The van der Waals surface area contributed by atoms with Gasteiger partial charge in [0.05, 0.1) is 6.10 Å². The molecule has 0 bridgehead atoms. The minimum Gasteiger partial charge on any atom is -0.488 e. The van der Waals surface area contributed by atoms with Crippen molar-refractivity contribution in [3.8, 4) is 5.75 Å². The predicted molar refractivity (Wildman–Crippen MR) is 46.1 cm³/mol. The maximum Gasteiger partial charge on any atom is 0.125 e. The number of rotatable bonds is 2. The van der Waals surface area contributed by atoms with Crippen LogP contribution in [0.25, 0.3) is 0 Å². The lowest BCUT2D eigenvalue weighted by Gasteiger charge is -2.32. The van der Waals surface area contributed by atoms with E-state index in [9.17, 15) is 5.11 Å². The summed E-state index contributed by atoms with van der Waals surface area (Å²) in [6.07, 6.45) is 1.60. The van der Waals surface area contributed by atoms with Gasteiger partial charge in [0.2, 0.25) is 0 Å². The van der Waals surface area contributed by atoms with Gasteiger partial charge in [0.1, 0.15) is 11.9 Å². The molecule has 0 amide bonds. The maximum atomic E-state index is 9.24. The minimum atomic E-state index is -0.259. The van der Waals surface area contributed by atoms with Crippen LogP contribution in [0.3, 0.4) is 0 Å². The molecule has 1 aromatic carbocycles. The molecule has 0 saturated heterocycles. The predicted octanol–water partition coefficient (Wildman–Crippen LogP) is 1.59. The van der Waals surface area contributed by atoms with Crippen molar-refractivity contribution >= 4 is 0 Å². The summed E-state index contributed by atoms with van der Waals surface area (Å²) in [6, 6.07) is 9.63. The Morgan fingerprint density at radius 3 is 2.42 bits per heavy atom. The molecule has 12 heavy (non-hydrogen) atoms. The Kier molecular flexibility index (Phi) is 2.00. The van der Waals surface area contributed by atoms with Gasteiger partial charge in [-0.15, -0.1) is 0 Å². The van der Waals surface area contributed by atoms with Gasteiger partial charge in [-0.05, 0) is 25.0 Å². The van der Waals surface area contributed by atoms with Crippen LogP contribution in [0.15, 0.2) is 30.3 Å². The third-order valence-corrected chi connectivity index (χ3v) is 2.21. The first-order valence-electron chi connectivity index (χ1n) is 4.26. The van der Waals surface area contributed by atoms with E-state index in [-0.39, 0.29) is 12.2 Å². The molecule has 0 unspecified atom stereocenters. The lowest BCUT2D eigenvalue weighted by molar-refractivity contribution is -0.0361. The fraction of sp³-hybridized carbons (Fsp3) is 0.400. The highest BCUT2D eigenvalue weighted by molar-refractivity contribution is 5.21. The van der Waals surface area contributed by atoms with Crippen LogP contribution in [0.4, 0.5) is 0 Å². The molecule has 0 aromatic heterocycles. The first-order valence-corrected chi connectivity index (χ1v) is 4.26. The number of hydrogen-bond acceptors (Lipinski definition) is 2. The van der Waals surface area contributed by atoms with Crippen LogP contribution in [0.1, 0.15) is 12.8 Å². The molecule has 2 heteroatoms. The first-order chi connectivity index (χ1) is 5.86. The number of aliphatic hydroxyl groups excluding tert-OH is 1. The van der Waals surface area contributed by atoms with E-state index in [1.165, 1.54) is 0 Å². The lowest BCUT2D eigenvalue weighted by atomic mass is 9.92. The van der Waals surface area contributed by atoms with Crippen molar-refractivity contribution < 1.29 is 9.84 Å². The SMILES string of the molecule is O[C@@H]1CC[C@H]1Oc1ccccc1. The molecule has 2 rings (SSSR count). The molecule has 1 saturated carbocycles. The summed E-state index contributed by atoms with van der Waals surface area (Å²) in [4.78, 5) is 0. The Labute approximate surface area is 71.8 Å². The van der Waals surface area contributed by atoms with Crippen molar-refractivity contribution in [3.05, 3.63) is 30.3 Å². The summed E-state index contributed by atoms with van der Waals surface area (Å²) in [5, 5.41) is 9.24. The molecule has 2 atom stereocenters. The Morgan fingerprint density at radius 2 is 1.92 bits per heavy atom. The van der Waals surface area contributed by atoms with Gasteiger partial charge in [-0.3, -0.25) is 0 Å². The maximum absolute atomic E-state index is 9.24. The highest BCUT2D eigenvalue weighted by Crippen LogP contribution is 2.25. The quantitative estimate of drug-likeness (QED) is 0.719. The van der Waals surface area contributed by atoms with Crippen LogP contribution in [-0.2, 0) is 0 Å². The highest BCUT2D eigenvalue weighted by Gasteiger charge is 2.30. The number of para-hydroxylation sites is 1. The molecular formula is C10H12O2. The Morgan fingerprint density at radius 1 is 1.17 bits per heavy atom. The molecule has 64 valence electrons. The Bertz CT molecular complexity index is 245. The minimum absolute atomic E-state index is 0.0207. The average molecular weight is 164 g/mol. The van der Waals surface area contributed by atoms with Crippen molar-refractivity contribution in [2.45, 2.75) is 25.0 Å². The second kappa shape index (κ2) is 3.15. The van der Waals surface area contributed by atoms with E-state index in [4.69, 9.17) is 4.74 Å². The number of ether oxygens (including phenoxy) is 1. The van der Waals surface area contributed by atoms with Crippen LogP contribution in [0, 0.1) is 0 Å². The van der Waals surface area contributed by atoms with Crippen molar-refractivity contribution in [3.63, 3.8) is 0 Å². The molecule has 0 heterocycles. The molecule has 1 aromatic rings. The molecule has 0 aliphatic heterocycles. The molecule has 1 aliphatic carbocycles. The van der Waals surface area contributed by atoms with E-state index in [2.05, 4.69) is 0 Å². The van der Waals surface area contributed by atoms with E-state index >= 15 is 0 Å². The van der Waals surface area contributed by atoms with Crippen molar-refractivity contribution in [2.75, 3.05) is 0 Å². The molecule has 2 nitrogen and oxygen atoms in total. The largest absolute Gasteiger partial charge is 0.488 e. The molecule has 0 spiro atoms. The highest BCUT2D eigenvalue weighted by atomic mass is 16.5. The zero-order valence-corrected chi connectivity index (χ0v) is 6.81. The second-order valence-electron chi connectivity index (χ2n) is 3.11. The van der Waals surface area contributed by atoms with E-state index in [0.717, 1.165) is 18.6 Å². The van der Waals surface area contributed by atoms with Gasteiger partial charge in [0.15, 0.2) is 0 Å². The van der Waals surface area contributed by atoms with Gasteiger partial charge >= 0.3 is 0 Å². The van der Waals surface area contributed by atoms with Crippen LogP contribution in [0.2, 0.25) is 0 Å². The summed E-state index contributed by atoms with van der Waals surface area (Å²) in [5.74, 6) is 0.848. The van der Waals surface area contributed by atoms with Crippen LogP contribution < -0.4 is 4.74 Å². The summed E-state index contributed by atoms with van der Waals surface area (Å²) < 4.78 is 5.51. The summed E-state index contributed by atoms with van der Waals surface area (Å²) >= 11 is 0. The van der Waals surface area contributed by atoms with Crippen LogP contribution in [0.5, 0.6) is 5.75 Å². The van der Waals surface area contributed by atoms with Gasteiger partial charge in [0.25, 0.3) is 0 Å². The lowest BCUT2D eigenvalue weighted by Crippen LogP contribution is -2.41. The molecule has 0 radical (unpaired) electrons. The smallest absolute Gasteiger partial charge is 0.125 e. The number of benzene rings is 1. The zero-order chi connectivity index (χ0) is 8.39. The molecule has 1 fully saturated rings. The van der Waals surface area contributed by atoms with E-state index in [0.29, 0.717) is 0 Å². The van der Waals surface area contributed by atoms with Crippen molar-refractivity contribution in [2.24, 2.45) is 0 Å². The molecule has 1 N–H and O–H groups in total. The number of aliphatic hydroxyl groups is 1. The summed E-state index contributed by atoms with van der Waals surface area (Å²) in [6.45, 7) is 0. The summed E-state index contributed by atoms with van der Waals surface area (Å²) in [5.41, 5.74) is 0. The van der Waals surface area contributed by atoms with Gasteiger partial charge in [-0.2, -0.15) is 0 Å². The fourth-order valence-electron chi connectivity index (χ4n) is 1.26. The fourth-order valence-corrected chi connectivity index (χ4v) is 1.26. The molecule has 1 aliphatic rings. The van der Waals surface area contributed by atoms with E-state index < -0.39 is 0 Å². The van der Waals surface area contributed by atoms with Crippen molar-refractivity contribution in [1.82, 2.24) is 0 Å². The Balaban J connectivity index is 1.95. The van der Waals surface area contributed by atoms with Gasteiger partial charge < -0.3 is 9.84 Å². The van der Waals surface area contributed by atoms with Crippen LogP contribution in [-0.4, -0.2) is 17.3 Å². The monoisotopic (exact) mass is 164 g/mol. The topological polar surface area (TPSA) is 29.5 Å². The standard InChI is InChI=1S/C10H12O2/c11-9-6-7-10(9)12-8-4-2-1-3-5-8/h1-5,9-11H,6-7H2/t9-,10-/m1/s1. The van der Waals surface area contributed by atoms with Gasteiger partial charge in [-0.25, -0.2) is 0 Å². The first kappa shape index (κ1) is 7.62. The van der Waals surface area contributed by atoms with Gasteiger partial charge in [0, 0.05) is 0 Å². The average Bonchev–Trinajstić information content (AvgIpc) is 2.14. The van der Waals surface area contributed by atoms with E-state index in [1.807, 2.05) is 30.3 Å². The summed E-state index contributed by atoms with van der Waals surface area (Å²) in [7, 11) is 0. The Hall–Kier alpha value is -1.02. The normalized spacial score (nSPS) is 27.8. The molecular weight excluding hydrogens is 152 g/mol. The third kappa shape index (κ3) is 1.43. The van der Waals surface area contributed by atoms with Gasteiger partial charge in [-0.1, -0.05) is 18.2 Å².